The van der Waals surface area contributed by atoms with Gasteiger partial charge in [-0.15, -0.1) is 11.3 Å². The van der Waals surface area contributed by atoms with Gasteiger partial charge in [0.1, 0.15) is 41.0 Å². The maximum atomic E-state index is 17.7. The van der Waals surface area contributed by atoms with E-state index in [1.165, 1.54) is 12.1 Å². The Bertz CT molecular complexity index is 2390. The Kier molecular flexibility index (Phi) is 10.1. The van der Waals surface area contributed by atoms with Gasteiger partial charge in [0.15, 0.2) is 11.6 Å². The first-order valence-corrected chi connectivity index (χ1v) is 21.3. The Labute approximate surface area is 344 Å². The molecule has 1 amide bonds. The zero-order valence-corrected chi connectivity index (χ0v) is 34.2. The molecule has 58 heavy (non-hydrogen) atoms. The summed E-state index contributed by atoms with van der Waals surface area (Å²) in [6.07, 6.45) is 8.72. The summed E-state index contributed by atoms with van der Waals surface area (Å²) in [4.78, 5) is 31.5. The number of nitrogens with zero attached hydrogens (tertiary/aromatic N) is 7. The van der Waals surface area contributed by atoms with Gasteiger partial charge in [0.05, 0.1) is 32.8 Å². The SMILES string of the molecule is CN(C)C/C=C/C(=O)N1CCCC2(CCC2N2CCCOc3c(Cl)c(-c4ccc(F)c5sc(N)c(C#N)c45)c(F)c4nc(OC[C@@]56CCCN5C[C@H](F)C6)nc2c34)C1. The third kappa shape index (κ3) is 6.42. The molecule has 2 N–H and O–H groups in total. The number of rotatable bonds is 8. The van der Waals surface area contributed by atoms with Gasteiger partial charge in [0.2, 0.25) is 5.91 Å². The molecule has 11 nitrogen and oxygen atoms in total. The fraction of sp³-hybridized carbons (Fsp3) is 0.524. The number of halogens is 4. The molecule has 3 saturated heterocycles. The molecule has 2 aromatic heterocycles. The highest BCUT2D eigenvalue weighted by Gasteiger charge is 2.53. The normalized spacial score (nSPS) is 26.0. The molecule has 4 aromatic rings. The van der Waals surface area contributed by atoms with Crippen molar-refractivity contribution in [3.8, 4) is 29.0 Å². The minimum atomic E-state index is -0.968. The van der Waals surface area contributed by atoms with E-state index in [1.807, 2.05) is 30.0 Å². The number of hydrogen-bond donors (Lipinski definition) is 1. The molecule has 306 valence electrons. The average molecular weight is 835 g/mol. The fourth-order valence-corrected chi connectivity index (χ4v) is 11.6. The molecule has 5 aliphatic rings. The molecule has 1 aliphatic carbocycles. The number of fused-ring (bicyclic) bond motifs is 2. The fourth-order valence-electron chi connectivity index (χ4n) is 10.3. The van der Waals surface area contributed by atoms with Crippen molar-refractivity contribution in [1.82, 2.24) is 24.7 Å². The Hall–Kier alpha value is -4.36. The Morgan fingerprint density at radius 1 is 1.17 bits per heavy atom. The van der Waals surface area contributed by atoms with E-state index in [-0.39, 0.29) is 90.0 Å². The van der Waals surface area contributed by atoms with Crippen molar-refractivity contribution in [1.29, 1.82) is 5.26 Å². The molecule has 1 spiro atoms. The molecule has 4 atom stereocenters. The maximum absolute atomic E-state index is 17.7. The van der Waals surface area contributed by atoms with Crippen LogP contribution < -0.4 is 20.1 Å². The van der Waals surface area contributed by atoms with E-state index in [4.69, 9.17) is 36.8 Å². The van der Waals surface area contributed by atoms with Crippen LogP contribution in [0.4, 0.5) is 24.0 Å². The lowest BCUT2D eigenvalue weighted by Gasteiger charge is -2.58. The quantitative estimate of drug-likeness (QED) is 0.181. The molecule has 6 heterocycles. The second kappa shape index (κ2) is 15.0. The van der Waals surface area contributed by atoms with Crippen LogP contribution in [0.1, 0.15) is 56.9 Å². The number of aromatic nitrogens is 2. The Morgan fingerprint density at radius 3 is 2.78 bits per heavy atom. The minimum Gasteiger partial charge on any atom is -0.491 e. The van der Waals surface area contributed by atoms with Crippen molar-refractivity contribution in [3.63, 3.8) is 0 Å². The van der Waals surface area contributed by atoms with Gasteiger partial charge >= 0.3 is 6.01 Å². The van der Waals surface area contributed by atoms with Gasteiger partial charge < -0.3 is 29.9 Å². The van der Waals surface area contributed by atoms with Gasteiger partial charge in [-0.3, -0.25) is 9.69 Å². The number of benzene rings is 2. The lowest BCUT2D eigenvalue weighted by molar-refractivity contribution is -0.132. The summed E-state index contributed by atoms with van der Waals surface area (Å²) in [6, 6.07) is 4.57. The number of nitrogen functional groups attached to an aromatic ring is 1. The summed E-state index contributed by atoms with van der Waals surface area (Å²) < 4.78 is 60.6. The number of carbonyl (C=O) groups is 1. The third-order valence-electron chi connectivity index (χ3n) is 13.1. The van der Waals surface area contributed by atoms with Crippen molar-refractivity contribution in [2.75, 3.05) is 77.2 Å². The number of amides is 1. The van der Waals surface area contributed by atoms with Gasteiger partial charge in [-0.1, -0.05) is 23.7 Å². The van der Waals surface area contributed by atoms with Gasteiger partial charge in [0, 0.05) is 67.6 Å². The molecule has 16 heteroatoms. The number of nitrogens with two attached hydrogens (primary N) is 1. The number of likely N-dealkylation sites (tertiary alicyclic amines) is 1. The average Bonchev–Trinajstić information content (AvgIpc) is 3.84. The number of alkyl halides is 1. The Balaban J connectivity index is 1.19. The van der Waals surface area contributed by atoms with Crippen LogP contribution in [-0.2, 0) is 4.79 Å². The molecule has 2 unspecified atom stereocenters. The molecule has 0 bridgehead atoms. The second-order valence-electron chi connectivity index (χ2n) is 16.8. The monoisotopic (exact) mass is 834 g/mol. The molecule has 9 rings (SSSR count). The zero-order chi connectivity index (χ0) is 40.5. The maximum Gasteiger partial charge on any atom is 0.319 e. The molecule has 2 aromatic carbocycles. The molecular weight excluding hydrogens is 789 g/mol. The number of carbonyl (C=O) groups excluding carboxylic acids is 1. The van der Waals surface area contributed by atoms with Crippen LogP contribution in [0.25, 0.3) is 32.1 Å². The first-order valence-electron chi connectivity index (χ1n) is 20.1. The van der Waals surface area contributed by atoms with Crippen molar-refractivity contribution in [3.05, 3.63) is 46.5 Å². The number of hydrogen-bond acceptors (Lipinski definition) is 11. The smallest absolute Gasteiger partial charge is 0.319 e. The number of thiophene rings is 1. The van der Waals surface area contributed by atoms with Gasteiger partial charge in [-0.25, -0.2) is 13.2 Å². The lowest BCUT2D eigenvalue weighted by atomic mass is 9.59. The molecule has 4 aliphatic heterocycles. The molecule has 0 radical (unpaired) electrons. The highest BCUT2D eigenvalue weighted by atomic mass is 35.5. The first-order chi connectivity index (χ1) is 27.9. The minimum absolute atomic E-state index is 0.0101. The summed E-state index contributed by atoms with van der Waals surface area (Å²) in [5.74, 6) is -0.826. The van der Waals surface area contributed by atoms with Crippen LogP contribution in [0.2, 0.25) is 5.02 Å². The van der Waals surface area contributed by atoms with E-state index in [9.17, 15) is 14.4 Å². The number of likely N-dealkylation sites (N-methyl/N-ethyl adjacent to an activating group) is 1. The predicted molar refractivity (Wildman–Crippen MR) is 219 cm³/mol. The van der Waals surface area contributed by atoms with Crippen LogP contribution in [-0.4, -0.2) is 115 Å². The van der Waals surface area contributed by atoms with Crippen molar-refractivity contribution < 1.29 is 27.4 Å². The van der Waals surface area contributed by atoms with E-state index >= 15 is 8.78 Å². The first kappa shape index (κ1) is 39.1. The van der Waals surface area contributed by atoms with E-state index in [2.05, 4.69) is 15.9 Å². The van der Waals surface area contributed by atoms with Crippen LogP contribution in [0, 0.1) is 28.4 Å². The highest BCUT2D eigenvalue weighted by Crippen LogP contribution is 2.55. The molecular formula is C42H46ClF3N8O3S. The topological polar surface area (TPSA) is 124 Å². The summed E-state index contributed by atoms with van der Waals surface area (Å²) in [6.45, 7) is 3.97. The zero-order valence-electron chi connectivity index (χ0n) is 32.6. The van der Waals surface area contributed by atoms with Crippen LogP contribution in [0.5, 0.6) is 11.8 Å². The summed E-state index contributed by atoms with van der Waals surface area (Å²) in [5, 5.41) is 10.6. The molecule has 4 fully saturated rings. The van der Waals surface area contributed by atoms with E-state index in [0.717, 1.165) is 56.4 Å². The number of piperidine rings is 1. The van der Waals surface area contributed by atoms with E-state index < -0.39 is 23.3 Å². The predicted octanol–water partition coefficient (Wildman–Crippen LogP) is 7.33. The summed E-state index contributed by atoms with van der Waals surface area (Å²) in [5.41, 5.74) is 5.45. The number of ether oxygens (including phenoxy) is 2. The van der Waals surface area contributed by atoms with Gasteiger partial charge in [0.25, 0.3) is 0 Å². The van der Waals surface area contributed by atoms with Crippen LogP contribution in [0.15, 0.2) is 24.3 Å². The second-order valence-corrected chi connectivity index (χ2v) is 18.3. The highest BCUT2D eigenvalue weighted by molar-refractivity contribution is 7.23. The van der Waals surface area contributed by atoms with Crippen molar-refractivity contribution in [2.24, 2.45) is 5.41 Å². The van der Waals surface area contributed by atoms with E-state index in [1.54, 1.807) is 6.08 Å². The summed E-state index contributed by atoms with van der Waals surface area (Å²) >= 11 is 8.14. The van der Waals surface area contributed by atoms with Gasteiger partial charge in [-0.2, -0.15) is 15.2 Å². The Morgan fingerprint density at radius 2 is 2.00 bits per heavy atom. The number of anilines is 2. The van der Waals surface area contributed by atoms with Crippen molar-refractivity contribution >= 4 is 60.7 Å². The molecule has 1 saturated carbocycles. The largest absolute Gasteiger partial charge is 0.491 e. The number of nitriles is 1. The standard InChI is InChI=1S/C42H46ClF3N8O3S/c1-51(2)14-3-7-29(55)52-15-4-11-41(22-52)13-10-28(41)54-17-6-18-56-36-32-35(49-40(50-39(32)54)57-23-42-12-5-16-53(42)21-24(44)19-42)34(46)31(33(36)43)25-8-9-27(45)37-30(25)26(20-47)38(48)58-37/h3,7-9,24,28H,4-6,10-19,21-23,48H2,1-2H3/b7-3+/t24-,28?,41?,42+/m1/s1. The lowest BCUT2D eigenvalue weighted by Crippen LogP contribution is -2.63. The third-order valence-corrected chi connectivity index (χ3v) is 14.5. The summed E-state index contributed by atoms with van der Waals surface area (Å²) in [7, 11) is 3.92. The van der Waals surface area contributed by atoms with Crippen LogP contribution >= 0.6 is 22.9 Å². The van der Waals surface area contributed by atoms with E-state index in [0.29, 0.717) is 51.4 Å². The van der Waals surface area contributed by atoms with Gasteiger partial charge in [-0.05, 0) is 77.2 Å². The van der Waals surface area contributed by atoms with Crippen LogP contribution in [0.3, 0.4) is 0 Å². The van der Waals surface area contributed by atoms with Crippen molar-refractivity contribution in [2.45, 2.75) is 69.1 Å².